The summed E-state index contributed by atoms with van der Waals surface area (Å²) >= 11 is 0. The predicted octanol–water partition coefficient (Wildman–Crippen LogP) is 4.43. The number of benzene rings is 2. The molecule has 2 nitrogen and oxygen atoms in total. The van der Waals surface area contributed by atoms with Gasteiger partial charge in [-0.3, -0.25) is 4.79 Å². The van der Waals surface area contributed by atoms with Crippen LogP contribution < -0.4 is 5.32 Å². The zero-order valence-electron chi connectivity index (χ0n) is 12.6. The van der Waals surface area contributed by atoms with Crippen molar-refractivity contribution in [1.82, 2.24) is 0 Å². The number of nitrogens with one attached hydrogen (secondary N) is 1. The van der Waals surface area contributed by atoms with Gasteiger partial charge in [0.1, 0.15) is 0 Å². The first-order valence-corrected chi connectivity index (χ1v) is 7.00. The average Bonchev–Trinajstić information content (AvgIpc) is 2.43. The molecule has 0 saturated heterocycles. The number of anilines is 1. The second kappa shape index (κ2) is 5.91. The van der Waals surface area contributed by atoms with Crippen molar-refractivity contribution in [1.29, 1.82) is 0 Å². The Morgan fingerprint density at radius 1 is 1.05 bits per heavy atom. The van der Waals surface area contributed by atoms with Crippen molar-refractivity contribution in [3.8, 4) is 0 Å². The highest BCUT2D eigenvalue weighted by Gasteiger charge is 2.11. The van der Waals surface area contributed by atoms with E-state index in [0.29, 0.717) is 0 Å². The van der Waals surface area contributed by atoms with Crippen LogP contribution in [0.5, 0.6) is 0 Å². The van der Waals surface area contributed by atoms with E-state index in [1.54, 1.807) is 0 Å². The second-order valence-corrected chi connectivity index (χ2v) is 5.20. The first kappa shape index (κ1) is 14.3. The summed E-state index contributed by atoms with van der Waals surface area (Å²) in [6.45, 7) is 8.17. The lowest BCUT2D eigenvalue weighted by molar-refractivity contribution is 0.102. The summed E-state index contributed by atoms with van der Waals surface area (Å²) in [6, 6.07) is 12.0. The highest BCUT2D eigenvalue weighted by atomic mass is 16.1. The van der Waals surface area contributed by atoms with Crippen molar-refractivity contribution < 1.29 is 4.79 Å². The number of carbonyl (C=O) groups excluding carboxylic acids is 1. The maximum absolute atomic E-state index is 12.4. The van der Waals surface area contributed by atoms with Crippen LogP contribution >= 0.6 is 0 Å². The molecule has 0 aliphatic rings. The highest BCUT2D eigenvalue weighted by molar-refractivity contribution is 6.05. The Kier molecular flexibility index (Phi) is 4.23. The van der Waals surface area contributed by atoms with Gasteiger partial charge in [-0.15, -0.1) is 0 Å². The van der Waals surface area contributed by atoms with Gasteiger partial charge in [0, 0.05) is 11.3 Å². The van der Waals surface area contributed by atoms with Crippen LogP contribution in [0.1, 0.15) is 39.5 Å². The minimum Gasteiger partial charge on any atom is -0.322 e. The number of hydrogen-bond acceptors (Lipinski definition) is 1. The number of amides is 1. The maximum Gasteiger partial charge on any atom is 0.255 e. The lowest BCUT2D eigenvalue weighted by Crippen LogP contribution is -2.14. The smallest absolute Gasteiger partial charge is 0.255 e. The molecule has 104 valence electrons. The third-order valence-electron chi connectivity index (χ3n) is 3.80. The zero-order valence-corrected chi connectivity index (χ0v) is 12.6. The van der Waals surface area contributed by atoms with Gasteiger partial charge in [-0.25, -0.2) is 0 Å². The molecule has 2 heteroatoms. The Hall–Kier alpha value is -2.09. The number of rotatable bonds is 3. The molecule has 0 aliphatic heterocycles. The minimum absolute atomic E-state index is 0.0427. The SMILES string of the molecule is CCc1ccc(C(=O)Nc2cccc(C)c2C)c(C)c1. The zero-order chi connectivity index (χ0) is 14.7. The Morgan fingerprint density at radius 3 is 2.45 bits per heavy atom. The highest BCUT2D eigenvalue weighted by Crippen LogP contribution is 2.20. The van der Waals surface area contributed by atoms with Gasteiger partial charge in [-0.2, -0.15) is 0 Å². The van der Waals surface area contributed by atoms with Crippen LogP contribution in [0.2, 0.25) is 0 Å². The van der Waals surface area contributed by atoms with Gasteiger partial charge in [0.25, 0.3) is 5.91 Å². The van der Waals surface area contributed by atoms with Gasteiger partial charge in [-0.05, 0) is 61.6 Å². The molecule has 0 aromatic heterocycles. The van der Waals surface area contributed by atoms with E-state index in [-0.39, 0.29) is 5.91 Å². The summed E-state index contributed by atoms with van der Waals surface area (Å²) in [6.07, 6.45) is 0.986. The van der Waals surface area contributed by atoms with Crippen LogP contribution in [0.25, 0.3) is 0 Å². The van der Waals surface area contributed by atoms with E-state index < -0.39 is 0 Å². The fourth-order valence-electron chi connectivity index (χ4n) is 2.28. The summed E-state index contributed by atoms with van der Waals surface area (Å²) in [4.78, 5) is 12.4. The standard InChI is InChI=1S/C18H21NO/c1-5-15-9-10-16(13(3)11-15)18(20)19-17-8-6-7-12(2)14(17)4/h6-11H,5H2,1-4H3,(H,19,20). The van der Waals surface area contributed by atoms with Crippen molar-refractivity contribution in [3.05, 3.63) is 64.2 Å². The third-order valence-corrected chi connectivity index (χ3v) is 3.80. The average molecular weight is 267 g/mol. The normalized spacial score (nSPS) is 10.4. The van der Waals surface area contributed by atoms with Gasteiger partial charge in [0.05, 0.1) is 0 Å². The Bertz CT molecular complexity index is 644. The molecule has 0 heterocycles. The number of carbonyl (C=O) groups is 1. The molecular weight excluding hydrogens is 246 g/mol. The molecule has 0 radical (unpaired) electrons. The van der Waals surface area contributed by atoms with Gasteiger partial charge in [0.15, 0.2) is 0 Å². The first-order valence-electron chi connectivity index (χ1n) is 7.00. The molecule has 0 saturated carbocycles. The monoisotopic (exact) mass is 267 g/mol. The number of hydrogen-bond donors (Lipinski definition) is 1. The molecule has 2 aromatic carbocycles. The Labute approximate surface area is 120 Å². The molecule has 1 amide bonds. The van der Waals surface area contributed by atoms with E-state index in [1.165, 1.54) is 11.1 Å². The van der Waals surface area contributed by atoms with Crippen LogP contribution in [0.15, 0.2) is 36.4 Å². The van der Waals surface area contributed by atoms with Crippen LogP contribution in [-0.4, -0.2) is 5.91 Å². The molecule has 2 rings (SSSR count). The summed E-state index contributed by atoms with van der Waals surface area (Å²) < 4.78 is 0. The maximum atomic E-state index is 12.4. The second-order valence-electron chi connectivity index (χ2n) is 5.20. The molecule has 1 N–H and O–H groups in total. The van der Waals surface area contributed by atoms with E-state index in [2.05, 4.69) is 18.3 Å². The molecule has 20 heavy (non-hydrogen) atoms. The molecule has 0 unspecified atom stereocenters. The van der Waals surface area contributed by atoms with Crippen molar-refractivity contribution in [2.75, 3.05) is 5.32 Å². The quantitative estimate of drug-likeness (QED) is 0.876. The van der Waals surface area contributed by atoms with E-state index in [0.717, 1.165) is 28.8 Å². The topological polar surface area (TPSA) is 29.1 Å². The third kappa shape index (κ3) is 2.90. The molecule has 0 atom stereocenters. The molecule has 0 bridgehead atoms. The molecular formula is C18H21NO. The van der Waals surface area contributed by atoms with Crippen LogP contribution in [0.3, 0.4) is 0 Å². The van der Waals surface area contributed by atoms with Crippen molar-refractivity contribution in [2.45, 2.75) is 34.1 Å². The van der Waals surface area contributed by atoms with E-state index in [4.69, 9.17) is 0 Å². The van der Waals surface area contributed by atoms with E-state index in [9.17, 15) is 4.79 Å². The molecule has 0 fully saturated rings. The van der Waals surface area contributed by atoms with E-state index in [1.807, 2.05) is 51.1 Å². The summed E-state index contributed by atoms with van der Waals surface area (Å²) in [7, 11) is 0. The lowest BCUT2D eigenvalue weighted by Gasteiger charge is -2.12. The fourth-order valence-corrected chi connectivity index (χ4v) is 2.28. The van der Waals surface area contributed by atoms with Gasteiger partial charge in [-0.1, -0.05) is 31.2 Å². The summed E-state index contributed by atoms with van der Waals surface area (Å²) in [5, 5.41) is 3.01. The molecule has 2 aromatic rings. The van der Waals surface area contributed by atoms with Gasteiger partial charge in [0.2, 0.25) is 0 Å². The Morgan fingerprint density at radius 2 is 1.80 bits per heavy atom. The van der Waals surface area contributed by atoms with Crippen LogP contribution in [0, 0.1) is 20.8 Å². The van der Waals surface area contributed by atoms with Crippen molar-refractivity contribution in [2.24, 2.45) is 0 Å². The van der Waals surface area contributed by atoms with Crippen LogP contribution in [-0.2, 0) is 6.42 Å². The molecule has 0 spiro atoms. The number of aryl methyl sites for hydroxylation is 3. The van der Waals surface area contributed by atoms with Crippen LogP contribution in [0.4, 0.5) is 5.69 Å². The summed E-state index contributed by atoms with van der Waals surface area (Å²) in [5.74, 6) is -0.0427. The van der Waals surface area contributed by atoms with Crippen molar-refractivity contribution in [3.63, 3.8) is 0 Å². The first-order chi connectivity index (χ1) is 9.52. The lowest BCUT2D eigenvalue weighted by atomic mass is 10.0. The van der Waals surface area contributed by atoms with Crippen molar-refractivity contribution >= 4 is 11.6 Å². The van der Waals surface area contributed by atoms with Gasteiger partial charge < -0.3 is 5.32 Å². The van der Waals surface area contributed by atoms with E-state index >= 15 is 0 Å². The minimum atomic E-state index is -0.0427. The fraction of sp³-hybridized carbons (Fsp3) is 0.278. The van der Waals surface area contributed by atoms with Gasteiger partial charge >= 0.3 is 0 Å². The molecule has 0 aliphatic carbocycles. The summed E-state index contributed by atoms with van der Waals surface area (Å²) in [5.41, 5.74) is 6.19. The largest absolute Gasteiger partial charge is 0.322 e. The predicted molar refractivity (Wildman–Crippen MR) is 84.4 cm³/mol. The Balaban J connectivity index is 2.26.